The molecule has 4 heteroatoms. The van der Waals surface area contributed by atoms with Crippen LogP contribution in [0.2, 0.25) is 0 Å². The van der Waals surface area contributed by atoms with Crippen molar-refractivity contribution in [3.05, 3.63) is 0 Å². The van der Waals surface area contributed by atoms with Crippen LogP contribution in [-0.4, -0.2) is 24.2 Å². The van der Waals surface area contributed by atoms with Gasteiger partial charge in [0.05, 0.1) is 12.4 Å². The molecule has 0 heterocycles. The van der Waals surface area contributed by atoms with Crippen molar-refractivity contribution >= 4 is 27.7 Å². The van der Waals surface area contributed by atoms with Gasteiger partial charge in [-0.25, -0.2) is 0 Å². The van der Waals surface area contributed by atoms with E-state index in [1.165, 1.54) is 7.11 Å². The van der Waals surface area contributed by atoms with Crippen molar-refractivity contribution in [2.24, 2.45) is 0 Å². The Hall–Kier alpha value is -0.380. The fourth-order valence-electron chi connectivity index (χ4n) is 0.280. The van der Waals surface area contributed by atoms with Gasteiger partial charge in [-0.3, -0.25) is 9.59 Å². The van der Waals surface area contributed by atoms with Gasteiger partial charge < -0.3 is 4.74 Å². The highest BCUT2D eigenvalue weighted by atomic mass is 79.9. The van der Waals surface area contributed by atoms with E-state index in [1.807, 2.05) is 0 Å². The quantitative estimate of drug-likeness (QED) is 0.374. The molecule has 0 atom stereocenters. The highest BCUT2D eigenvalue weighted by Crippen LogP contribution is 1.90. The standard InChI is InChI=1S/C5H7BrO3/c1-9-5(8)2-4(7)3-6/h2-3H2,1H3. The molecule has 0 bridgehead atoms. The smallest absolute Gasteiger partial charge is 0.313 e. The van der Waals surface area contributed by atoms with E-state index in [9.17, 15) is 9.59 Å². The first-order chi connectivity index (χ1) is 4.20. The van der Waals surface area contributed by atoms with E-state index in [0.29, 0.717) is 0 Å². The predicted molar refractivity (Wildman–Crippen MR) is 35.4 cm³/mol. The molecule has 0 fully saturated rings. The molecule has 0 N–H and O–H groups in total. The van der Waals surface area contributed by atoms with Gasteiger partial charge in [-0.2, -0.15) is 0 Å². The van der Waals surface area contributed by atoms with Crippen LogP contribution in [0.25, 0.3) is 0 Å². The van der Waals surface area contributed by atoms with E-state index < -0.39 is 5.97 Å². The van der Waals surface area contributed by atoms with Gasteiger partial charge in [0, 0.05) is 0 Å². The second-order valence-electron chi connectivity index (χ2n) is 1.43. The van der Waals surface area contributed by atoms with Crippen LogP contribution in [0, 0.1) is 0 Å². The normalized spacial score (nSPS) is 8.67. The first kappa shape index (κ1) is 8.62. The zero-order valence-electron chi connectivity index (χ0n) is 5.02. The number of alkyl halides is 1. The molecule has 0 aromatic rings. The van der Waals surface area contributed by atoms with Crippen molar-refractivity contribution in [2.75, 3.05) is 12.4 Å². The maximum absolute atomic E-state index is 10.4. The summed E-state index contributed by atoms with van der Waals surface area (Å²) >= 11 is 2.92. The summed E-state index contributed by atoms with van der Waals surface area (Å²) in [5.41, 5.74) is 0. The molecule has 0 rings (SSSR count). The second-order valence-corrected chi connectivity index (χ2v) is 1.99. The van der Waals surface area contributed by atoms with Crippen molar-refractivity contribution in [1.29, 1.82) is 0 Å². The van der Waals surface area contributed by atoms with Crippen molar-refractivity contribution < 1.29 is 14.3 Å². The Morgan fingerprint density at radius 2 is 2.11 bits per heavy atom. The van der Waals surface area contributed by atoms with Crippen LogP contribution in [-0.2, 0) is 14.3 Å². The molecule has 0 unspecified atom stereocenters. The maximum Gasteiger partial charge on any atom is 0.313 e. The van der Waals surface area contributed by atoms with Crippen LogP contribution in [0.4, 0.5) is 0 Å². The lowest BCUT2D eigenvalue weighted by atomic mass is 10.3. The number of halogens is 1. The van der Waals surface area contributed by atoms with Gasteiger partial charge >= 0.3 is 5.97 Å². The largest absolute Gasteiger partial charge is 0.469 e. The number of ketones is 1. The van der Waals surface area contributed by atoms with Crippen LogP contribution in [0.1, 0.15) is 6.42 Å². The summed E-state index contributed by atoms with van der Waals surface area (Å²) in [5, 5.41) is 0.210. The average Bonchev–Trinajstić information content (AvgIpc) is 1.87. The first-order valence-electron chi connectivity index (χ1n) is 2.35. The van der Waals surface area contributed by atoms with Crippen LogP contribution >= 0.6 is 15.9 Å². The summed E-state index contributed by atoms with van der Waals surface area (Å²) in [5.74, 6) is -0.652. The minimum Gasteiger partial charge on any atom is -0.469 e. The predicted octanol–water partition coefficient (Wildman–Crippen LogP) is 0.513. The van der Waals surface area contributed by atoms with Crippen molar-refractivity contribution in [3.8, 4) is 0 Å². The van der Waals surface area contributed by atoms with E-state index in [4.69, 9.17) is 0 Å². The van der Waals surface area contributed by atoms with Gasteiger partial charge in [-0.15, -0.1) is 0 Å². The molecule has 0 aromatic heterocycles. The lowest BCUT2D eigenvalue weighted by Crippen LogP contribution is -2.09. The molecule has 9 heavy (non-hydrogen) atoms. The number of esters is 1. The Labute approximate surface area is 61.5 Å². The number of hydrogen-bond acceptors (Lipinski definition) is 3. The highest BCUT2D eigenvalue weighted by molar-refractivity contribution is 9.09. The maximum atomic E-state index is 10.4. The van der Waals surface area contributed by atoms with E-state index in [-0.39, 0.29) is 17.5 Å². The Kier molecular flexibility index (Phi) is 4.30. The summed E-state index contributed by atoms with van der Waals surface area (Å²) in [6.45, 7) is 0. The van der Waals surface area contributed by atoms with Gasteiger partial charge in [0.15, 0.2) is 5.78 Å². The summed E-state index contributed by atoms with van der Waals surface area (Å²) in [6.07, 6.45) is -0.137. The number of hydrogen-bond donors (Lipinski definition) is 0. The molecule has 0 aromatic carbocycles. The monoisotopic (exact) mass is 194 g/mol. The van der Waals surface area contributed by atoms with Crippen molar-refractivity contribution in [1.82, 2.24) is 0 Å². The molecule has 0 radical (unpaired) electrons. The molecule has 0 aliphatic carbocycles. The third-order valence-corrected chi connectivity index (χ3v) is 1.34. The van der Waals surface area contributed by atoms with Crippen LogP contribution in [0.5, 0.6) is 0 Å². The molecule has 3 nitrogen and oxygen atoms in total. The van der Waals surface area contributed by atoms with Gasteiger partial charge in [-0.1, -0.05) is 15.9 Å². The minimum absolute atomic E-state index is 0.137. The summed E-state index contributed by atoms with van der Waals surface area (Å²) in [4.78, 5) is 20.8. The van der Waals surface area contributed by atoms with Gasteiger partial charge in [0.1, 0.15) is 6.42 Å². The van der Waals surface area contributed by atoms with Crippen LogP contribution in [0.3, 0.4) is 0 Å². The third kappa shape index (κ3) is 4.14. The summed E-state index contributed by atoms with van der Waals surface area (Å²) in [7, 11) is 1.25. The zero-order valence-corrected chi connectivity index (χ0v) is 6.60. The molecule has 0 amide bonds. The fourth-order valence-corrected chi connectivity index (χ4v) is 0.479. The highest BCUT2D eigenvalue weighted by Gasteiger charge is 2.06. The van der Waals surface area contributed by atoms with Crippen LogP contribution in [0.15, 0.2) is 0 Å². The topological polar surface area (TPSA) is 43.4 Å². The van der Waals surface area contributed by atoms with Crippen molar-refractivity contribution in [3.63, 3.8) is 0 Å². The third-order valence-electron chi connectivity index (χ3n) is 0.718. The summed E-state index contributed by atoms with van der Waals surface area (Å²) in [6, 6.07) is 0. The first-order valence-corrected chi connectivity index (χ1v) is 3.47. The van der Waals surface area contributed by atoms with Gasteiger partial charge in [0.2, 0.25) is 0 Å². The fraction of sp³-hybridized carbons (Fsp3) is 0.600. The Bertz CT molecular complexity index is 107. The lowest BCUT2D eigenvalue weighted by Gasteiger charge is -1.93. The molecular formula is C5H7BrO3. The van der Waals surface area contributed by atoms with Gasteiger partial charge in [0.25, 0.3) is 0 Å². The minimum atomic E-state index is -0.487. The Morgan fingerprint density at radius 3 is 2.44 bits per heavy atom. The molecule has 0 spiro atoms. The zero-order chi connectivity index (χ0) is 7.28. The molecule has 52 valence electrons. The second kappa shape index (κ2) is 4.49. The molecule has 0 aliphatic rings. The van der Waals surface area contributed by atoms with Crippen LogP contribution < -0.4 is 0 Å². The lowest BCUT2D eigenvalue weighted by molar-refractivity contribution is -0.142. The average molecular weight is 195 g/mol. The van der Waals surface area contributed by atoms with E-state index in [0.717, 1.165) is 0 Å². The molecule has 0 saturated heterocycles. The number of methoxy groups -OCH3 is 1. The SMILES string of the molecule is COC(=O)CC(=O)CBr. The van der Waals surface area contributed by atoms with E-state index >= 15 is 0 Å². The number of Topliss-reactive ketones (excluding diaryl/α,β-unsaturated/α-hetero) is 1. The number of carbonyl (C=O) groups is 2. The molecule has 0 aliphatic heterocycles. The molecule has 0 saturated carbocycles. The number of carbonyl (C=O) groups excluding carboxylic acids is 2. The number of ether oxygens (including phenoxy) is 1. The summed E-state index contributed by atoms with van der Waals surface area (Å²) < 4.78 is 4.24. The van der Waals surface area contributed by atoms with E-state index in [2.05, 4.69) is 20.7 Å². The Morgan fingerprint density at radius 1 is 1.56 bits per heavy atom. The van der Waals surface area contributed by atoms with E-state index in [1.54, 1.807) is 0 Å². The number of rotatable bonds is 3. The van der Waals surface area contributed by atoms with Crippen molar-refractivity contribution in [2.45, 2.75) is 6.42 Å². The van der Waals surface area contributed by atoms with Gasteiger partial charge in [-0.05, 0) is 0 Å². The Balaban J connectivity index is 3.47. The molecular weight excluding hydrogens is 188 g/mol.